The van der Waals surface area contributed by atoms with E-state index in [9.17, 15) is 0 Å². The van der Waals surface area contributed by atoms with E-state index in [1.54, 1.807) is 6.20 Å². The summed E-state index contributed by atoms with van der Waals surface area (Å²) in [6.07, 6.45) is 3.74. The van der Waals surface area contributed by atoms with Gasteiger partial charge in [0.05, 0.1) is 5.69 Å². The van der Waals surface area contributed by atoms with Crippen molar-refractivity contribution in [1.29, 1.82) is 0 Å². The quantitative estimate of drug-likeness (QED) is 0.538. The Morgan fingerprint density at radius 1 is 0.864 bits per heavy atom. The van der Waals surface area contributed by atoms with Crippen LogP contribution in [-0.4, -0.2) is 28.3 Å². The van der Waals surface area contributed by atoms with Crippen molar-refractivity contribution in [2.45, 2.75) is 5.16 Å². The number of nitrogens with zero attached hydrogens (tertiary/aromatic N) is 4. The molecule has 2 heterocycles. The average Bonchev–Trinajstić information content (AvgIpc) is 2.62. The summed E-state index contributed by atoms with van der Waals surface area (Å²) in [5.74, 6) is 1.68. The van der Waals surface area contributed by atoms with E-state index in [1.807, 2.05) is 60.7 Å². The van der Waals surface area contributed by atoms with Crippen LogP contribution in [0.3, 0.4) is 0 Å². The molecule has 4 nitrogen and oxygen atoms in total. The van der Waals surface area contributed by atoms with Crippen molar-refractivity contribution in [3.8, 4) is 11.3 Å². The predicted molar refractivity (Wildman–Crippen MR) is 91.5 cm³/mol. The van der Waals surface area contributed by atoms with Crippen LogP contribution in [0.25, 0.3) is 11.3 Å². The molecule has 0 radical (unpaired) electrons. The van der Waals surface area contributed by atoms with Gasteiger partial charge in [-0.2, -0.15) is 0 Å². The van der Waals surface area contributed by atoms with E-state index in [2.05, 4.69) is 22.1 Å². The number of hydrogen-bond donors (Lipinski definition) is 0. The molecule has 0 bridgehead atoms. The van der Waals surface area contributed by atoms with Gasteiger partial charge in [0.15, 0.2) is 5.16 Å². The number of pyridine rings is 1. The van der Waals surface area contributed by atoms with Crippen LogP contribution < -0.4 is 4.90 Å². The van der Waals surface area contributed by atoms with Crippen LogP contribution >= 0.6 is 11.8 Å². The molecule has 1 aromatic carbocycles. The minimum Gasteiger partial charge on any atom is -0.314 e. The third-order valence-corrected chi connectivity index (χ3v) is 3.85. The van der Waals surface area contributed by atoms with Crippen molar-refractivity contribution < 1.29 is 0 Å². The van der Waals surface area contributed by atoms with Crippen molar-refractivity contribution in [3.63, 3.8) is 0 Å². The zero-order valence-corrected chi connectivity index (χ0v) is 13.3. The number of thioether (sulfide) groups is 1. The lowest BCUT2D eigenvalue weighted by atomic mass is 10.1. The van der Waals surface area contributed by atoms with Crippen LogP contribution in [0.2, 0.25) is 0 Å². The summed E-state index contributed by atoms with van der Waals surface area (Å²) in [6.45, 7) is 0. The largest absolute Gasteiger partial charge is 0.314 e. The Morgan fingerprint density at radius 3 is 2.41 bits per heavy atom. The topological polar surface area (TPSA) is 41.9 Å². The van der Waals surface area contributed by atoms with E-state index in [0.29, 0.717) is 0 Å². The van der Waals surface area contributed by atoms with E-state index in [0.717, 1.165) is 28.0 Å². The minimum atomic E-state index is 0.753. The Labute approximate surface area is 134 Å². The van der Waals surface area contributed by atoms with Crippen molar-refractivity contribution in [1.82, 2.24) is 15.0 Å². The molecule has 3 rings (SSSR count). The summed E-state index contributed by atoms with van der Waals surface area (Å²) in [5.41, 5.74) is 2.05. The Hall–Kier alpha value is -2.40. The Bertz CT molecular complexity index is 761. The van der Waals surface area contributed by atoms with Gasteiger partial charge >= 0.3 is 0 Å². The lowest BCUT2D eigenvalue weighted by Crippen LogP contribution is -2.13. The van der Waals surface area contributed by atoms with Crippen molar-refractivity contribution >= 4 is 23.4 Å². The second-order valence-corrected chi connectivity index (χ2v) is 5.48. The zero-order chi connectivity index (χ0) is 15.4. The lowest BCUT2D eigenvalue weighted by molar-refractivity contribution is 0.939. The highest BCUT2D eigenvalue weighted by molar-refractivity contribution is 7.98. The Morgan fingerprint density at radius 2 is 1.64 bits per heavy atom. The molecule has 22 heavy (non-hydrogen) atoms. The van der Waals surface area contributed by atoms with Gasteiger partial charge < -0.3 is 4.90 Å². The van der Waals surface area contributed by atoms with Crippen LogP contribution in [-0.2, 0) is 0 Å². The first-order valence-corrected chi connectivity index (χ1v) is 8.13. The van der Waals surface area contributed by atoms with Gasteiger partial charge in [-0.3, -0.25) is 0 Å². The van der Waals surface area contributed by atoms with Gasteiger partial charge in [0.2, 0.25) is 0 Å². The van der Waals surface area contributed by atoms with Gasteiger partial charge in [0.1, 0.15) is 11.6 Å². The summed E-state index contributed by atoms with van der Waals surface area (Å²) >= 11 is 1.53. The minimum absolute atomic E-state index is 0.753. The van der Waals surface area contributed by atoms with Gasteiger partial charge in [-0.1, -0.05) is 48.2 Å². The normalized spacial score (nSPS) is 10.5. The monoisotopic (exact) mass is 308 g/mol. The number of benzene rings is 1. The number of anilines is 2. The van der Waals surface area contributed by atoms with Crippen molar-refractivity contribution in [2.24, 2.45) is 0 Å². The average molecular weight is 308 g/mol. The summed E-state index contributed by atoms with van der Waals surface area (Å²) in [6, 6.07) is 18.0. The smallest absolute Gasteiger partial charge is 0.189 e. The first kappa shape index (κ1) is 14.5. The van der Waals surface area contributed by atoms with Crippen LogP contribution in [0.4, 0.5) is 11.6 Å². The molecule has 0 amide bonds. The van der Waals surface area contributed by atoms with Gasteiger partial charge in [0, 0.05) is 18.8 Å². The van der Waals surface area contributed by atoms with E-state index in [-0.39, 0.29) is 0 Å². The van der Waals surface area contributed by atoms with E-state index >= 15 is 0 Å². The molecule has 0 saturated heterocycles. The summed E-state index contributed by atoms with van der Waals surface area (Å²) in [4.78, 5) is 15.4. The second kappa shape index (κ2) is 6.58. The van der Waals surface area contributed by atoms with Gasteiger partial charge in [-0.15, -0.1) is 0 Å². The lowest BCUT2D eigenvalue weighted by Gasteiger charge is -2.18. The fourth-order valence-electron chi connectivity index (χ4n) is 2.11. The summed E-state index contributed by atoms with van der Waals surface area (Å²) in [5, 5.41) is 0.753. The summed E-state index contributed by atoms with van der Waals surface area (Å²) < 4.78 is 0. The third-order valence-electron chi connectivity index (χ3n) is 3.29. The molecular weight excluding hydrogens is 292 g/mol. The van der Waals surface area contributed by atoms with Crippen LogP contribution in [0.5, 0.6) is 0 Å². The number of hydrogen-bond acceptors (Lipinski definition) is 5. The van der Waals surface area contributed by atoms with Crippen LogP contribution in [0.15, 0.2) is 66.0 Å². The highest BCUT2D eigenvalue weighted by Crippen LogP contribution is 2.24. The van der Waals surface area contributed by atoms with Crippen LogP contribution in [0, 0.1) is 0 Å². The van der Waals surface area contributed by atoms with Gasteiger partial charge in [-0.25, -0.2) is 15.0 Å². The Kier molecular flexibility index (Phi) is 4.34. The maximum Gasteiger partial charge on any atom is 0.189 e. The molecule has 0 spiro atoms. The first-order valence-electron chi connectivity index (χ1n) is 6.91. The highest BCUT2D eigenvalue weighted by Gasteiger charge is 2.09. The molecule has 0 N–H and O–H groups in total. The van der Waals surface area contributed by atoms with E-state index in [1.165, 1.54) is 11.8 Å². The fraction of sp³-hybridized carbons (Fsp3) is 0.118. The second-order valence-electron chi connectivity index (χ2n) is 4.71. The molecule has 0 fully saturated rings. The maximum absolute atomic E-state index is 4.73. The molecule has 0 unspecified atom stereocenters. The highest BCUT2D eigenvalue weighted by atomic mass is 32.2. The standard InChI is InChI=1S/C17H16N4S/c1-21(16-11-12-18-17(20-16)22-2)15-10-6-9-14(19-15)13-7-4-3-5-8-13/h3-12H,1-2H3. The maximum atomic E-state index is 4.73. The van der Waals surface area contributed by atoms with Crippen LogP contribution in [0.1, 0.15) is 0 Å². The predicted octanol–water partition coefficient (Wildman–Crippen LogP) is 4.03. The SMILES string of the molecule is CSc1nccc(N(C)c2cccc(-c3ccccc3)n2)n1. The molecule has 0 aliphatic heterocycles. The van der Waals surface area contributed by atoms with E-state index in [4.69, 9.17) is 4.98 Å². The molecule has 0 aliphatic carbocycles. The van der Waals surface area contributed by atoms with Gasteiger partial charge in [0.25, 0.3) is 0 Å². The molecule has 2 aromatic heterocycles. The Balaban J connectivity index is 1.94. The molecular formula is C17H16N4S. The zero-order valence-electron chi connectivity index (χ0n) is 12.5. The molecule has 110 valence electrons. The first-order chi connectivity index (χ1) is 10.8. The number of aromatic nitrogens is 3. The van der Waals surface area contributed by atoms with Crippen molar-refractivity contribution in [3.05, 3.63) is 60.8 Å². The van der Waals surface area contributed by atoms with Crippen molar-refractivity contribution in [2.75, 3.05) is 18.2 Å². The molecule has 0 saturated carbocycles. The fourth-order valence-corrected chi connectivity index (χ4v) is 2.47. The number of rotatable bonds is 4. The molecule has 0 atom stereocenters. The molecule has 0 aliphatic rings. The summed E-state index contributed by atoms with van der Waals surface area (Å²) in [7, 11) is 1.96. The van der Waals surface area contributed by atoms with E-state index < -0.39 is 0 Å². The molecule has 3 aromatic rings. The van der Waals surface area contributed by atoms with Gasteiger partial charge in [-0.05, 0) is 24.5 Å². The third kappa shape index (κ3) is 3.09. The molecule has 5 heteroatoms.